The topological polar surface area (TPSA) is 64.1 Å². The Hall–Kier alpha value is -3.20. The Morgan fingerprint density at radius 2 is 1.88 bits per heavy atom. The number of halogens is 5. The van der Waals surface area contributed by atoms with E-state index >= 15 is 0 Å². The van der Waals surface area contributed by atoms with Gasteiger partial charge in [0.25, 0.3) is 5.91 Å². The molecule has 0 bridgehead atoms. The van der Waals surface area contributed by atoms with Crippen LogP contribution in [-0.2, 0) is 6.18 Å². The van der Waals surface area contributed by atoms with Crippen LogP contribution in [0.25, 0.3) is 11.1 Å². The Morgan fingerprint density at radius 1 is 1.16 bits per heavy atom. The fourth-order valence-corrected chi connectivity index (χ4v) is 3.13. The van der Waals surface area contributed by atoms with Crippen molar-refractivity contribution in [1.82, 2.24) is 9.97 Å². The molecule has 32 heavy (non-hydrogen) atoms. The van der Waals surface area contributed by atoms with Crippen LogP contribution in [-0.4, -0.2) is 22.0 Å². The summed E-state index contributed by atoms with van der Waals surface area (Å²) in [5.41, 5.74) is -0.100. The number of nitrogens with zero attached hydrogens (tertiary/aromatic N) is 2. The SMILES string of the molecule is Cc1cc(F)c(NC(=O)c2ccnc(C(F)(F)F)c2)cc1-c1cc(Cl)nc(OC(C)C)c1. The standard InChI is InChI=1S/C22H18ClF4N3O2/c1-11(2)32-20-9-14(8-19(23)30-20)15-10-17(16(24)6-12(15)3)29-21(31)13-4-5-28-18(7-13)22(25,26)27/h4-11H,1-3H3,(H,29,31). The molecule has 0 fully saturated rings. The van der Waals surface area contributed by atoms with Crippen molar-refractivity contribution in [2.45, 2.75) is 33.1 Å². The van der Waals surface area contributed by atoms with E-state index in [9.17, 15) is 22.4 Å². The van der Waals surface area contributed by atoms with Gasteiger partial charge in [0.05, 0.1) is 11.8 Å². The number of hydrogen-bond donors (Lipinski definition) is 1. The largest absolute Gasteiger partial charge is 0.475 e. The molecule has 10 heteroatoms. The molecule has 2 heterocycles. The van der Waals surface area contributed by atoms with Crippen molar-refractivity contribution >= 4 is 23.2 Å². The van der Waals surface area contributed by atoms with Gasteiger partial charge in [-0.3, -0.25) is 9.78 Å². The lowest BCUT2D eigenvalue weighted by molar-refractivity contribution is -0.141. The summed E-state index contributed by atoms with van der Waals surface area (Å²) in [5, 5.41) is 2.47. The van der Waals surface area contributed by atoms with E-state index in [1.807, 2.05) is 13.8 Å². The summed E-state index contributed by atoms with van der Waals surface area (Å²) in [4.78, 5) is 19.8. The highest BCUT2D eigenvalue weighted by Gasteiger charge is 2.33. The molecule has 0 aliphatic rings. The maximum atomic E-state index is 14.6. The Balaban J connectivity index is 1.96. The van der Waals surface area contributed by atoms with Crippen LogP contribution in [0.15, 0.2) is 42.6 Å². The Morgan fingerprint density at radius 3 is 2.53 bits per heavy atom. The number of carbonyl (C=O) groups is 1. The van der Waals surface area contributed by atoms with Gasteiger partial charge in [0.1, 0.15) is 16.7 Å². The third kappa shape index (κ3) is 5.53. The zero-order valence-corrected chi connectivity index (χ0v) is 18.0. The maximum absolute atomic E-state index is 14.6. The molecular formula is C22H18ClF4N3O2. The minimum atomic E-state index is -4.71. The molecule has 3 rings (SSSR count). The molecule has 1 N–H and O–H groups in total. The van der Waals surface area contributed by atoms with Gasteiger partial charge in [0.15, 0.2) is 0 Å². The van der Waals surface area contributed by atoms with E-state index in [4.69, 9.17) is 16.3 Å². The van der Waals surface area contributed by atoms with Crippen LogP contribution in [0.2, 0.25) is 5.15 Å². The number of aryl methyl sites for hydroxylation is 1. The first-order chi connectivity index (χ1) is 14.9. The van der Waals surface area contributed by atoms with Gasteiger partial charge in [-0.05, 0) is 67.8 Å². The van der Waals surface area contributed by atoms with E-state index in [0.29, 0.717) is 22.8 Å². The fraction of sp³-hybridized carbons (Fsp3) is 0.227. The number of aromatic nitrogens is 2. The van der Waals surface area contributed by atoms with Crippen LogP contribution in [0.5, 0.6) is 5.88 Å². The number of nitrogens with one attached hydrogen (secondary N) is 1. The van der Waals surface area contributed by atoms with Crippen LogP contribution in [0.1, 0.15) is 35.5 Å². The van der Waals surface area contributed by atoms with Crippen molar-refractivity contribution in [3.05, 3.63) is 70.4 Å². The highest BCUT2D eigenvalue weighted by molar-refractivity contribution is 6.29. The Bertz CT molecular complexity index is 1170. The maximum Gasteiger partial charge on any atom is 0.433 e. The van der Waals surface area contributed by atoms with Crippen molar-refractivity contribution in [1.29, 1.82) is 0 Å². The molecule has 0 saturated carbocycles. The molecule has 0 spiro atoms. The minimum absolute atomic E-state index is 0.153. The number of benzene rings is 1. The molecule has 3 aromatic rings. The van der Waals surface area contributed by atoms with Gasteiger partial charge in [-0.2, -0.15) is 13.2 Å². The average Bonchev–Trinajstić information content (AvgIpc) is 2.68. The predicted octanol–water partition coefficient (Wildman–Crippen LogP) is 6.30. The normalized spacial score (nSPS) is 11.5. The fourth-order valence-electron chi connectivity index (χ4n) is 2.93. The van der Waals surface area contributed by atoms with Gasteiger partial charge < -0.3 is 10.1 Å². The van der Waals surface area contributed by atoms with Gasteiger partial charge in [0.2, 0.25) is 5.88 Å². The lowest BCUT2D eigenvalue weighted by Gasteiger charge is -2.14. The number of alkyl halides is 3. The second-order valence-electron chi connectivity index (χ2n) is 7.21. The summed E-state index contributed by atoms with van der Waals surface area (Å²) in [5.74, 6) is -1.39. The van der Waals surface area contributed by atoms with Crippen LogP contribution in [0.4, 0.5) is 23.2 Å². The van der Waals surface area contributed by atoms with E-state index in [2.05, 4.69) is 15.3 Å². The number of pyridine rings is 2. The molecule has 0 aliphatic heterocycles. The molecule has 0 saturated heterocycles. The molecule has 0 atom stereocenters. The van der Waals surface area contributed by atoms with Gasteiger partial charge in [-0.15, -0.1) is 0 Å². The summed E-state index contributed by atoms with van der Waals surface area (Å²) in [7, 11) is 0. The average molecular weight is 468 g/mol. The van der Waals surface area contributed by atoms with Gasteiger partial charge in [-0.1, -0.05) is 11.6 Å². The first kappa shape index (κ1) is 23.5. The number of anilines is 1. The first-order valence-corrected chi connectivity index (χ1v) is 9.81. The molecule has 0 radical (unpaired) electrons. The summed E-state index contributed by atoms with van der Waals surface area (Å²) >= 11 is 6.09. The highest BCUT2D eigenvalue weighted by atomic mass is 35.5. The van der Waals surface area contributed by atoms with Crippen molar-refractivity contribution in [3.8, 4) is 17.0 Å². The number of ether oxygens (including phenoxy) is 1. The van der Waals surface area contributed by atoms with Crippen LogP contribution < -0.4 is 10.1 Å². The smallest absolute Gasteiger partial charge is 0.433 e. The van der Waals surface area contributed by atoms with Gasteiger partial charge in [0, 0.05) is 17.8 Å². The van der Waals surface area contributed by atoms with Crippen LogP contribution >= 0.6 is 11.6 Å². The van der Waals surface area contributed by atoms with Crippen molar-refractivity contribution in [2.75, 3.05) is 5.32 Å². The number of carbonyl (C=O) groups excluding carboxylic acids is 1. The minimum Gasteiger partial charge on any atom is -0.475 e. The molecule has 168 valence electrons. The quantitative estimate of drug-likeness (QED) is 0.353. The summed E-state index contributed by atoms with van der Waals surface area (Å²) in [6, 6.07) is 7.46. The molecule has 5 nitrogen and oxygen atoms in total. The molecule has 1 amide bonds. The summed E-state index contributed by atoms with van der Waals surface area (Å²) in [6.07, 6.45) is -4.00. The molecule has 0 unspecified atom stereocenters. The van der Waals surface area contributed by atoms with Crippen molar-refractivity contribution in [2.24, 2.45) is 0 Å². The number of rotatable bonds is 5. The molecule has 1 aromatic carbocycles. The molecular weight excluding hydrogens is 450 g/mol. The first-order valence-electron chi connectivity index (χ1n) is 9.43. The third-order valence-corrected chi connectivity index (χ3v) is 4.51. The second kappa shape index (κ2) is 9.12. The van der Waals surface area contributed by atoms with E-state index in [0.717, 1.165) is 12.3 Å². The van der Waals surface area contributed by atoms with E-state index in [1.165, 1.54) is 12.1 Å². The van der Waals surface area contributed by atoms with Crippen LogP contribution in [0.3, 0.4) is 0 Å². The molecule has 2 aromatic heterocycles. The molecule has 0 aliphatic carbocycles. The number of amides is 1. The van der Waals surface area contributed by atoms with Crippen LogP contribution in [0, 0.1) is 12.7 Å². The monoisotopic (exact) mass is 467 g/mol. The highest BCUT2D eigenvalue weighted by Crippen LogP contribution is 2.33. The lowest BCUT2D eigenvalue weighted by Crippen LogP contribution is -2.16. The van der Waals surface area contributed by atoms with Crippen molar-refractivity contribution in [3.63, 3.8) is 0 Å². The second-order valence-corrected chi connectivity index (χ2v) is 7.60. The van der Waals surface area contributed by atoms with E-state index in [1.54, 1.807) is 19.1 Å². The number of hydrogen-bond acceptors (Lipinski definition) is 4. The Kier molecular flexibility index (Phi) is 6.68. The lowest BCUT2D eigenvalue weighted by atomic mass is 10.00. The summed E-state index contributed by atoms with van der Waals surface area (Å²) in [6.45, 7) is 5.31. The van der Waals surface area contributed by atoms with Crippen molar-refractivity contribution < 1.29 is 27.1 Å². The zero-order chi connectivity index (χ0) is 23.6. The predicted molar refractivity (Wildman–Crippen MR) is 112 cm³/mol. The third-order valence-electron chi connectivity index (χ3n) is 4.31. The van der Waals surface area contributed by atoms with Gasteiger partial charge in [-0.25, -0.2) is 9.37 Å². The van der Waals surface area contributed by atoms with Gasteiger partial charge >= 0.3 is 6.18 Å². The zero-order valence-electron chi connectivity index (χ0n) is 17.2. The van der Waals surface area contributed by atoms with E-state index < -0.39 is 23.6 Å². The van der Waals surface area contributed by atoms with E-state index in [-0.39, 0.29) is 28.4 Å². The Labute approximate surface area is 186 Å². The summed E-state index contributed by atoms with van der Waals surface area (Å²) < 4.78 is 58.7.